The van der Waals surface area contributed by atoms with E-state index in [4.69, 9.17) is 0 Å². The van der Waals surface area contributed by atoms with Crippen LogP contribution in [-0.4, -0.2) is 33.8 Å². The molecule has 1 aliphatic carbocycles. The molecule has 4 heteroatoms. The summed E-state index contributed by atoms with van der Waals surface area (Å²) in [6.45, 7) is 6.79. The van der Waals surface area contributed by atoms with E-state index in [9.17, 15) is 14.7 Å². The standard InChI is InChI=1S/C22H31NO3/c1-15(2)14-23-19(17-10-6-4-7-11-17)16(3)18(21(23)25)20(24)22(26)12-8-5-9-13-22/h4,6-7,10-11,15-16,18-19,26H,5,8-9,12-14H2,1-3H3/t16-,18+,19-/m1/s1. The molecule has 0 spiro atoms. The number of benzene rings is 1. The highest BCUT2D eigenvalue weighted by atomic mass is 16.3. The molecule has 1 aromatic carbocycles. The molecule has 0 bridgehead atoms. The van der Waals surface area contributed by atoms with Gasteiger partial charge < -0.3 is 10.0 Å². The zero-order chi connectivity index (χ0) is 18.9. The minimum Gasteiger partial charge on any atom is -0.382 e. The number of likely N-dealkylation sites (tertiary alicyclic amines) is 1. The van der Waals surface area contributed by atoms with Gasteiger partial charge in [-0.25, -0.2) is 0 Å². The lowest BCUT2D eigenvalue weighted by molar-refractivity contribution is -0.151. The zero-order valence-corrected chi connectivity index (χ0v) is 16.1. The number of hydrogen-bond donors (Lipinski definition) is 1. The Bertz CT molecular complexity index is 649. The Morgan fingerprint density at radius 1 is 1.19 bits per heavy atom. The first-order chi connectivity index (χ1) is 12.3. The molecule has 1 N–H and O–H groups in total. The molecule has 142 valence electrons. The molecule has 1 aliphatic heterocycles. The van der Waals surface area contributed by atoms with Gasteiger partial charge in [-0.3, -0.25) is 9.59 Å². The Morgan fingerprint density at radius 2 is 1.81 bits per heavy atom. The predicted octanol–water partition coefficient (Wildman–Crippen LogP) is 3.74. The van der Waals surface area contributed by atoms with E-state index in [1.807, 2.05) is 42.2 Å². The molecule has 0 aromatic heterocycles. The van der Waals surface area contributed by atoms with Crippen molar-refractivity contribution in [1.82, 2.24) is 4.90 Å². The minimum atomic E-state index is -1.32. The summed E-state index contributed by atoms with van der Waals surface area (Å²) in [7, 11) is 0. The van der Waals surface area contributed by atoms with Gasteiger partial charge in [-0.15, -0.1) is 0 Å². The van der Waals surface area contributed by atoms with Crippen molar-refractivity contribution in [3.8, 4) is 0 Å². The van der Waals surface area contributed by atoms with Gasteiger partial charge in [0.1, 0.15) is 11.5 Å². The van der Waals surface area contributed by atoms with Crippen LogP contribution in [0.3, 0.4) is 0 Å². The number of amides is 1. The van der Waals surface area contributed by atoms with Gasteiger partial charge in [-0.1, -0.05) is 70.4 Å². The predicted molar refractivity (Wildman–Crippen MR) is 101 cm³/mol. The second kappa shape index (κ2) is 7.51. The van der Waals surface area contributed by atoms with Crippen LogP contribution in [-0.2, 0) is 9.59 Å². The number of rotatable bonds is 5. The van der Waals surface area contributed by atoms with Gasteiger partial charge >= 0.3 is 0 Å². The number of carbonyl (C=O) groups is 2. The summed E-state index contributed by atoms with van der Waals surface area (Å²) in [5, 5.41) is 10.9. The molecule has 26 heavy (non-hydrogen) atoms. The third-order valence-corrected chi connectivity index (χ3v) is 6.03. The highest BCUT2D eigenvalue weighted by molar-refractivity contribution is 6.07. The van der Waals surface area contributed by atoms with Crippen LogP contribution in [0, 0.1) is 17.8 Å². The van der Waals surface area contributed by atoms with Crippen molar-refractivity contribution in [1.29, 1.82) is 0 Å². The quantitative estimate of drug-likeness (QED) is 0.817. The van der Waals surface area contributed by atoms with Gasteiger partial charge in [0.15, 0.2) is 5.78 Å². The third-order valence-electron chi connectivity index (χ3n) is 6.03. The van der Waals surface area contributed by atoms with Crippen LogP contribution in [0.25, 0.3) is 0 Å². The first kappa shape index (κ1) is 19.1. The van der Waals surface area contributed by atoms with Gasteiger partial charge in [0, 0.05) is 6.54 Å². The van der Waals surface area contributed by atoms with Gasteiger partial charge in [0.25, 0.3) is 0 Å². The molecule has 3 rings (SSSR count). The fourth-order valence-corrected chi connectivity index (χ4v) is 4.76. The third kappa shape index (κ3) is 3.44. The van der Waals surface area contributed by atoms with Crippen molar-refractivity contribution >= 4 is 11.7 Å². The van der Waals surface area contributed by atoms with Crippen molar-refractivity contribution in [2.24, 2.45) is 17.8 Å². The maximum absolute atomic E-state index is 13.3. The molecule has 1 amide bonds. The lowest BCUT2D eigenvalue weighted by Crippen LogP contribution is -2.47. The largest absolute Gasteiger partial charge is 0.382 e. The Labute approximate surface area is 156 Å². The Hall–Kier alpha value is -1.68. The van der Waals surface area contributed by atoms with E-state index in [1.165, 1.54) is 0 Å². The van der Waals surface area contributed by atoms with E-state index in [0.717, 1.165) is 24.8 Å². The molecule has 1 saturated heterocycles. The molecule has 2 aliphatic rings. The Balaban J connectivity index is 1.94. The highest BCUT2D eigenvalue weighted by Crippen LogP contribution is 2.45. The molecule has 4 nitrogen and oxygen atoms in total. The van der Waals surface area contributed by atoms with E-state index in [2.05, 4.69) is 13.8 Å². The van der Waals surface area contributed by atoms with E-state index >= 15 is 0 Å². The van der Waals surface area contributed by atoms with Gasteiger partial charge in [0.2, 0.25) is 5.91 Å². The maximum Gasteiger partial charge on any atom is 0.234 e. The minimum absolute atomic E-state index is 0.104. The molecule has 2 fully saturated rings. The van der Waals surface area contributed by atoms with Crippen LogP contribution in [0.2, 0.25) is 0 Å². The summed E-state index contributed by atoms with van der Waals surface area (Å²) in [6.07, 6.45) is 3.74. The summed E-state index contributed by atoms with van der Waals surface area (Å²) in [5.41, 5.74) is -0.248. The average molecular weight is 357 g/mol. The first-order valence-corrected chi connectivity index (χ1v) is 9.97. The summed E-state index contributed by atoms with van der Waals surface area (Å²) >= 11 is 0. The van der Waals surface area contributed by atoms with Crippen LogP contribution in [0.15, 0.2) is 30.3 Å². The topological polar surface area (TPSA) is 57.6 Å². The molecule has 1 aromatic rings. The number of ketones is 1. The second-order valence-corrected chi connectivity index (χ2v) is 8.53. The number of carbonyl (C=O) groups excluding carboxylic acids is 2. The van der Waals surface area contributed by atoms with Crippen molar-refractivity contribution in [2.45, 2.75) is 64.5 Å². The fraction of sp³-hybridized carbons (Fsp3) is 0.636. The van der Waals surface area contributed by atoms with Gasteiger partial charge in [0.05, 0.1) is 6.04 Å². The lowest BCUT2D eigenvalue weighted by Gasteiger charge is -2.33. The summed E-state index contributed by atoms with van der Waals surface area (Å²) in [6, 6.07) is 9.87. The lowest BCUT2D eigenvalue weighted by atomic mass is 9.74. The van der Waals surface area contributed by atoms with E-state index in [0.29, 0.717) is 25.3 Å². The normalized spacial score (nSPS) is 28.6. The fourth-order valence-electron chi connectivity index (χ4n) is 4.76. The van der Waals surface area contributed by atoms with Crippen molar-refractivity contribution in [3.05, 3.63) is 35.9 Å². The summed E-state index contributed by atoms with van der Waals surface area (Å²) in [4.78, 5) is 28.4. The number of aliphatic hydroxyl groups is 1. The molecule has 1 heterocycles. The second-order valence-electron chi connectivity index (χ2n) is 8.53. The average Bonchev–Trinajstić information content (AvgIpc) is 2.85. The van der Waals surface area contributed by atoms with Crippen LogP contribution in [0.1, 0.15) is 64.5 Å². The monoisotopic (exact) mass is 357 g/mol. The van der Waals surface area contributed by atoms with Crippen LogP contribution in [0.5, 0.6) is 0 Å². The van der Waals surface area contributed by atoms with Crippen molar-refractivity contribution in [3.63, 3.8) is 0 Å². The summed E-state index contributed by atoms with van der Waals surface area (Å²) in [5.74, 6) is -0.904. The first-order valence-electron chi connectivity index (χ1n) is 9.97. The molecular formula is C22H31NO3. The van der Waals surface area contributed by atoms with E-state index in [-0.39, 0.29) is 23.7 Å². The van der Waals surface area contributed by atoms with Crippen LogP contribution >= 0.6 is 0 Å². The molecule has 3 atom stereocenters. The molecule has 1 saturated carbocycles. The summed E-state index contributed by atoms with van der Waals surface area (Å²) < 4.78 is 0. The number of Topliss-reactive ketones (excluding diaryl/α,β-unsaturated/α-hetero) is 1. The SMILES string of the molecule is CC(C)CN1C(=O)[C@H](C(=O)C2(O)CCCCC2)[C@@H](C)[C@@H]1c1ccccc1. The maximum atomic E-state index is 13.3. The van der Waals surface area contributed by atoms with Crippen LogP contribution < -0.4 is 0 Å². The number of nitrogens with zero attached hydrogens (tertiary/aromatic N) is 1. The molecule has 0 radical (unpaired) electrons. The molecule has 0 unspecified atom stereocenters. The van der Waals surface area contributed by atoms with Gasteiger partial charge in [-0.2, -0.15) is 0 Å². The Kier molecular flexibility index (Phi) is 5.52. The van der Waals surface area contributed by atoms with E-state index in [1.54, 1.807) is 0 Å². The number of hydrogen-bond acceptors (Lipinski definition) is 3. The van der Waals surface area contributed by atoms with E-state index < -0.39 is 11.5 Å². The van der Waals surface area contributed by atoms with Crippen LogP contribution in [0.4, 0.5) is 0 Å². The molecular weight excluding hydrogens is 326 g/mol. The Morgan fingerprint density at radius 3 is 2.38 bits per heavy atom. The van der Waals surface area contributed by atoms with Crippen molar-refractivity contribution < 1.29 is 14.7 Å². The smallest absolute Gasteiger partial charge is 0.234 e. The zero-order valence-electron chi connectivity index (χ0n) is 16.1. The van der Waals surface area contributed by atoms with Crippen molar-refractivity contribution in [2.75, 3.05) is 6.54 Å². The highest BCUT2D eigenvalue weighted by Gasteiger charge is 2.54. The van der Waals surface area contributed by atoms with Gasteiger partial charge in [-0.05, 0) is 30.2 Å².